The molecule has 1 amide bonds. The van der Waals surface area contributed by atoms with Crippen LogP contribution in [0.4, 0.5) is 14.5 Å². The van der Waals surface area contributed by atoms with Gasteiger partial charge in [-0.3, -0.25) is 9.78 Å². The maximum Gasteiger partial charge on any atom is 0.294 e. The SMILES string of the molecule is O=C(c1ccccn1)N1CC(F)(F)c2c(Cl)cccc21. The van der Waals surface area contributed by atoms with Crippen LogP contribution in [0.15, 0.2) is 42.6 Å². The predicted octanol–water partition coefficient (Wildman–Crippen LogP) is 3.49. The van der Waals surface area contributed by atoms with Gasteiger partial charge in [0.1, 0.15) is 5.69 Å². The van der Waals surface area contributed by atoms with Crippen molar-refractivity contribution in [3.05, 3.63) is 58.9 Å². The quantitative estimate of drug-likeness (QED) is 0.806. The summed E-state index contributed by atoms with van der Waals surface area (Å²) in [4.78, 5) is 17.2. The number of halogens is 3. The standard InChI is InChI=1S/C14H9ClF2N2O/c15-9-4-3-6-11-12(9)14(16,17)8-19(11)13(20)10-5-1-2-7-18-10/h1-7H,8H2. The first-order valence-electron chi connectivity index (χ1n) is 5.90. The van der Waals surface area contributed by atoms with Gasteiger partial charge in [0.25, 0.3) is 11.8 Å². The van der Waals surface area contributed by atoms with E-state index in [0.717, 1.165) is 4.90 Å². The van der Waals surface area contributed by atoms with E-state index in [0.29, 0.717) is 0 Å². The number of nitrogens with zero attached hydrogens (tertiary/aromatic N) is 2. The molecule has 1 aromatic carbocycles. The van der Waals surface area contributed by atoms with Crippen molar-refractivity contribution >= 4 is 23.2 Å². The Kier molecular flexibility index (Phi) is 2.94. The van der Waals surface area contributed by atoms with Gasteiger partial charge in [-0.05, 0) is 24.3 Å². The highest BCUT2D eigenvalue weighted by atomic mass is 35.5. The van der Waals surface area contributed by atoms with Gasteiger partial charge in [0, 0.05) is 6.20 Å². The Morgan fingerprint density at radius 2 is 2.05 bits per heavy atom. The Hall–Kier alpha value is -2.01. The van der Waals surface area contributed by atoms with Crippen LogP contribution in [-0.4, -0.2) is 17.4 Å². The lowest BCUT2D eigenvalue weighted by Gasteiger charge is -2.16. The molecular weight excluding hydrogens is 286 g/mol. The number of fused-ring (bicyclic) bond motifs is 1. The molecule has 0 fully saturated rings. The molecular formula is C14H9ClF2N2O. The molecule has 102 valence electrons. The van der Waals surface area contributed by atoms with E-state index in [-0.39, 0.29) is 22.0 Å². The molecule has 0 unspecified atom stereocenters. The van der Waals surface area contributed by atoms with Crippen LogP contribution >= 0.6 is 11.6 Å². The van der Waals surface area contributed by atoms with Crippen LogP contribution in [0.1, 0.15) is 16.1 Å². The van der Waals surface area contributed by atoms with E-state index in [9.17, 15) is 13.6 Å². The first kappa shape index (κ1) is 13.0. The lowest BCUT2D eigenvalue weighted by atomic mass is 10.1. The summed E-state index contributed by atoms with van der Waals surface area (Å²) in [5.74, 6) is -3.72. The number of pyridine rings is 1. The molecule has 0 spiro atoms. The van der Waals surface area contributed by atoms with Crippen molar-refractivity contribution in [3.63, 3.8) is 0 Å². The number of rotatable bonds is 1. The zero-order valence-electron chi connectivity index (χ0n) is 10.2. The van der Waals surface area contributed by atoms with E-state index < -0.39 is 18.4 Å². The van der Waals surface area contributed by atoms with E-state index in [1.54, 1.807) is 18.2 Å². The first-order chi connectivity index (χ1) is 9.50. The summed E-state index contributed by atoms with van der Waals surface area (Å²) in [5.41, 5.74) is -0.0415. The second kappa shape index (κ2) is 4.52. The molecule has 0 N–H and O–H groups in total. The average molecular weight is 295 g/mol. The summed E-state index contributed by atoms with van der Waals surface area (Å²) < 4.78 is 28.1. The topological polar surface area (TPSA) is 33.2 Å². The fourth-order valence-electron chi connectivity index (χ4n) is 2.27. The van der Waals surface area contributed by atoms with E-state index in [1.165, 1.54) is 24.4 Å². The van der Waals surface area contributed by atoms with Gasteiger partial charge in [-0.2, -0.15) is 8.78 Å². The predicted molar refractivity (Wildman–Crippen MR) is 71.3 cm³/mol. The second-order valence-electron chi connectivity index (χ2n) is 4.44. The highest BCUT2D eigenvalue weighted by Gasteiger charge is 2.47. The zero-order chi connectivity index (χ0) is 14.3. The Balaban J connectivity index is 2.07. The molecule has 6 heteroatoms. The van der Waals surface area contributed by atoms with Gasteiger partial charge in [-0.15, -0.1) is 0 Å². The number of hydrogen-bond donors (Lipinski definition) is 0. The minimum Gasteiger partial charge on any atom is -0.300 e. The summed E-state index contributed by atoms with van der Waals surface area (Å²) in [7, 11) is 0. The summed E-state index contributed by atoms with van der Waals surface area (Å²) in [6.45, 7) is -0.721. The molecule has 1 aliphatic heterocycles. The molecule has 0 aliphatic carbocycles. The average Bonchev–Trinajstić information content (AvgIpc) is 2.72. The molecule has 0 atom stereocenters. The van der Waals surface area contributed by atoms with Crippen molar-refractivity contribution in [1.82, 2.24) is 4.98 Å². The molecule has 3 rings (SSSR count). The highest BCUT2D eigenvalue weighted by Crippen LogP contribution is 2.46. The normalized spacial score (nSPS) is 16.1. The van der Waals surface area contributed by atoms with Crippen molar-refractivity contribution in [3.8, 4) is 0 Å². The molecule has 2 aromatic rings. The number of benzene rings is 1. The molecule has 2 heterocycles. The molecule has 0 saturated carbocycles. The van der Waals surface area contributed by atoms with Crippen LogP contribution < -0.4 is 4.90 Å². The smallest absolute Gasteiger partial charge is 0.294 e. The van der Waals surface area contributed by atoms with Crippen molar-refractivity contribution < 1.29 is 13.6 Å². The van der Waals surface area contributed by atoms with Crippen molar-refractivity contribution in [2.75, 3.05) is 11.4 Å². The number of anilines is 1. The zero-order valence-corrected chi connectivity index (χ0v) is 10.9. The second-order valence-corrected chi connectivity index (χ2v) is 4.85. The van der Waals surface area contributed by atoms with Gasteiger partial charge >= 0.3 is 0 Å². The van der Waals surface area contributed by atoms with Crippen molar-refractivity contribution in [2.45, 2.75) is 5.92 Å². The largest absolute Gasteiger partial charge is 0.300 e. The van der Waals surface area contributed by atoms with Crippen LogP contribution in [0.5, 0.6) is 0 Å². The van der Waals surface area contributed by atoms with Crippen LogP contribution in [0.2, 0.25) is 5.02 Å². The van der Waals surface area contributed by atoms with Gasteiger partial charge in [0.05, 0.1) is 22.8 Å². The highest BCUT2D eigenvalue weighted by molar-refractivity contribution is 6.32. The van der Waals surface area contributed by atoms with Gasteiger partial charge in [-0.25, -0.2) is 0 Å². The van der Waals surface area contributed by atoms with Gasteiger partial charge in [0.2, 0.25) is 0 Å². The van der Waals surface area contributed by atoms with E-state index in [1.807, 2.05) is 0 Å². The molecule has 0 bridgehead atoms. The van der Waals surface area contributed by atoms with Crippen LogP contribution in [0.25, 0.3) is 0 Å². The molecule has 1 aromatic heterocycles. The third-order valence-electron chi connectivity index (χ3n) is 3.13. The summed E-state index contributed by atoms with van der Waals surface area (Å²) in [6.07, 6.45) is 1.44. The maximum atomic E-state index is 14.0. The summed E-state index contributed by atoms with van der Waals surface area (Å²) in [6, 6.07) is 9.17. The number of alkyl halides is 2. The number of hydrogen-bond acceptors (Lipinski definition) is 2. The van der Waals surface area contributed by atoms with E-state index in [4.69, 9.17) is 11.6 Å². The number of carbonyl (C=O) groups is 1. The van der Waals surface area contributed by atoms with Crippen molar-refractivity contribution in [1.29, 1.82) is 0 Å². The number of aromatic nitrogens is 1. The lowest BCUT2D eigenvalue weighted by Crippen LogP contribution is -2.33. The minimum atomic E-state index is -3.15. The van der Waals surface area contributed by atoms with Gasteiger partial charge < -0.3 is 4.90 Å². The molecule has 0 saturated heterocycles. The van der Waals surface area contributed by atoms with Crippen LogP contribution in [0.3, 0.4) is 0 Å². The fourth-order valence-corrected chi connectivity index (χ4v) is 2.58. The Morgan fingerprint density at radius 1 is 1.25 bits per heavy atom. The minimum absolute atomic E-state index is 0.0381. The summed E-state index contributed by atoms with van der Waals surface area (Å²) >= 11 is 5.84. The fraction of sp³-hybridized carbons (Fsp3) is 0.143. The van der Waals surface area contributed by atoms with Gasteiger partial charge in [-0.1, -0.05) is 23.7 Å². The Morgan fingerprint density at radius 3 is 2.75 bits per heavy atom. The van der Waals surface area contributed by atoms with E-state index in [2.05, 4.69) is 4.98 Å². The molecule has 3 nitrogen and oxygen atoms in total. The van der Waals surface area contributed by atoms with Crippen LogP contribution in [0, 0.1) is 0 Å². The third-order valence-corrected chi connectivity index (χ3v) is 3.45. The molecule has 20 heavy (non-hydrogen) atoms. The first-order valence-corrected chi connectivity index (χ1v) is 6.28. The monoisotopic (exact) mass is 294 g/mol. The summed E-state index contributed by atoms with van der Waals surface area (Å²) in [5, 5.41) is -0.0381. The lowest BCUT2D eigenvalue weighted by molar-refractivity contribution is 0.0139. The Labute approximate surface area is 118 Å². The van der Waals surface area contributed by atoms with Crippen LogP contribution in [-0.2, 0) is 5.92 Å². The Bertz CT molecular complexity index is 676. The number of carbonyl (C=O) groups excluding carboxylic acids is 1. The van der Waals surface area contributed by atoms with Crippen molar-refractivity contribution in [2.24, 2.45) is 0 Å². The number of amides is 1. The molecule has 1 aliphatic rings. The molecule has 0 radical (unpaired) electrons. The third kappa shape index (κ3) is 1.94. The maximum absolute atomic E-state index is 14.0. The van der Waals surface area contributed by atoms with E-state index >= 15 is 0 Å². The van der Waals surface area contributed by atoms with Gasteiger partial charge in [0.15, 0.2) is 0 Å².